The van der Waals surface area contributed by atoms with Gasteiger partial charge in [0.1, 0.15) is 5.75 Å². The number of anilines is 1. The Morgan fingerprint density at radius 1 is 1.19 bits per heavy atom. The van der Waals surface area contributed by atoms with Gasteiger partial charge in [-0.2, -0.15) is 0 Å². The van der Waals surface area contributed by atoms with Crippen LogP contribution in [0.2, 0.25) is 5.02 Å². The van der Waals surface area contributed by atoms with E-state index in [0.717, 1.165) is 0 Å². The van der Waals surface area contributed by atoms with Gasteiger partial charge in [0.05, 0.1) is 31.0 Å². The van der Waals surface area contributed by atoms with Crippen LogP contribution < -0.4 is 10.1 Å². The van der Waals surface area contributed by atoms with Crippen LogP contribution in [-0.4, -0.2) is 32.0 Å². The summed E-state index contributed by atoms with van der Waals surface area (Å²) in [4.78, 5) is 23.5. The van der Waals surface area contributed by atoms with Gasteiger partial charge in [-0.3, -0.25) is 9.59 Å². The molecule has 0 bridgehead atoms. The first kappa shape index (κ1) is 20.3. The second-order valence-electron chi connectivity index (χ2n) is 5.43. The molecule has 2 aromatic carbocycles. The third-order valence-corrected chi connectivity index (χ3v) is 4.79. The second-order valence-corrected chi connectivity index (χ2v) is 6.69. The Labute approximate surface area is 165 Å². The van der Waals surface area contributed by atoms with Crippen LogP contribution in [0.15, 0.2) is 46.9 Å². The first-order valence-corrected chi connectivity index (χ1v) is 9.19. The largest absolute Gasteiger partial charge is 0.491 e. The van der Waals surface area contributed by atoms with Crippen molar-refractivity contribution in [1.82, 2.24) is 0 Å². The maximum atomic E-state index is 12.3. The Morgan fingerprint density at radius 2 is 1.96 bits per heavy atom. The third-order valence-electron chi connectivity index (χ3n) is 3.58. The van der Waals surface area contributed by atoms with E-state index >= 15 is 0 Å². The first-order valence-electron chi connectivity index (χ1n) is 8.02. The molecule has 0 aliphatic carbocycles. The molecule has 1 N–H and O–H groups in total. The minimum absolute atomic E-state index is 0.0668. The number of ether oxygens (including phenoxy) is 2. The fourth-order valence-electron chi connectivity index (χ4n) is 2.19. The van der Waals surface area contributed by atoms with Crippen molar-refractivity contribution in [2.24, 2.45) is 0 Å². The van der Waals surface area contributed by atoms with Crippen LogP contribution in [0.3, 0.4) is 0 Å². The van der Waals surface area contributed by atoms with Crippen molar-refractivity contribution >= 4 is 45.0 Å². The Balaban J connectivity index is 1.91. The van der Waals surface area contributed by atoms with E-state index in [2.05, 4.69) is 26.0 Å². The number of rotatable bonds is 9. The molecular formula is C19H19BrClNO4. The van der Waals surface area contributed by atoms with Crippen molar-refractivity contribution < 1.29 is 19.1 Å². The summed E-state index contributed by atoms with van der Waals surface area (Å²) in [6, 6.07) is 12.4. The lowest BCUT2D eigenvalue weighted by Crippen LogP contribution is -2.15. The van der Waals surface area contributed by atoms with Crippen LogP contribution in [0.25, 0.3) is 0 Å². The molecule has 0 aliphatic rings. The molecule has 2 aromatic rings. The Bertz CT molecular complexity index is 782. The highest BCUT2D eigenvalue weighted by Gasteiger charge is 2.10. The van der Waals surface area contributed by atoms with Crippen molar-refractivity contribution in [2.75, 3.05) is 25.6 Å². The maximum absolute atomic E-state index is 12.3. The molecule has 0 fully saturated rings. The van der Waals surface area contributed by atoms with E-state index in [4.69, 9.17) is 16.3 Å². The minimum atomic E-state index is -0.264. The van der Waals surface area contributed by atoms with E-state index < -0.39 is 0 Å². The van der Waals surface area contributed by atoms with Gasteiger partial charge < -0.3 is 14.8 Å². The molecule has 7 heteroatoms. The van der Waals surface area contributed by atoms with Crippen molar-refractivity contribution in [3.8, 4) is 5.75 Å². The van der Waals surface area contributed by atoms with E-state index in [-0.39, 0.29) is 18.3 Å². The van der Waals surface area contributed by atoms with Crippen LogP contribution in [0.1, 0.15) is 23.2 Å². The number of carbonyl (C=O) groups is 2. The average molecular weight is 441 g/mol. The lowest BCUT2D eigenvalue weighted by Gasteiger charge is -2.13. The quantitative estimate of drug-likeness (QED) is 0.347. The number of ketones is 1. The summed E-state index contributed by atoms with van der Waals surface area (Å²) in [5.41, 5.74) is 1.28. The summed E-state index contributed by atoms with van der Waals surface area (Å²) in [7, 11) is 1.36. The number of para-hydroxylation sites is 2. The van der Waals surface area contributed by atoms with Crippen molar-refractivity contribution in [2.45, 2.75) is 12.8 Å². The van der Waals surface area contributed by atoms with Gasteiger partial charge in [-0.15, -0.1) is 0 Å². The molecule has 138 valence electrons. The molecule has 0 amide bonds. The topological polar surface area (TPSA) is 64.6 Å². The Morgan fingerprint density at radius 3 is 2.69 bits per heavy atom. The molecule has 2 rings (SSSR count). The molecular weight excluding hydrogens is 422 g/mol. The molecule has 0 unspecified atom stereocenters. The van der Waals surface area contributed by atoms with E-state index in [1.54, 1.807) is 18.2 Å². The predicted molar refractivity (Wildman–Crippen MR) is 105 cm³/mol. The zero-order chi connectivity index (χ0) is 18.9. The number of carbonyl (C=O) groups excluding carboxylic acids is 2. The highest BCUT2D eigenvalue weighted by Crippen LogP contribution is 2.25. The van der Waals surface area contributed by atoms with E-state index in [9.17, 15) is 9.59 Å². The summed E-state index contributed by atoms with van der Waals surface area (Å²) in [5.74, 6) is 0.296. The van der Waals surface area contributed by atoms with Crippen molar-refractivity contribution in [3.05, 3.63) is 57.5 Å². The van der Waals surface area contributed by atoms with Crippen LogP contribution in [0.4, 0.5) is 5.69 Å². The van der Waals surface area contributed by atoms with Gasteiger partial charge in [0, 0.05) is 16.5 Å². The van der Waals surface area contributed by atoms with Gasteiger partial charge in [0.25, 0.3) is 0 Å². The fourth-order valence-corrected chi connectivity index (χ4v) is 2.68. The number of hydrogen-bond acceptors (Lipinski definition) is 5. The first-order chi connectivity index (χ1) is 12.5. The third kappa shape index (κ3) is 6.04. The lowest BCUT2D eigenvalue weighted by molar-refractivity contribution is -0.140. The van der Waals surface area contributed by atoms with Gasteiger partial charge in [-0.1, -0.05) is 23.7 Å². The monoisotopic (exact) mass is 439 g/mol. The zero-order valence-electron chi connectivity index (χ0n) is 14.3. The van der Waals surface area contributed by atoms with E-state index in [0.29, 0.717) is 45.9 Å². The summed E-state index contributed by atoms with van der Waals surface area (Å²) in [6.45, 7) is 0.502. The van der Waals surface area contributed by atoms with Crippen LogP contribution >= 0.6 is 27.5 Å². The molecule has 0 radical (unpaired) electrons. The molecule has 0 atom stereocenters. The number of nitrogens with one attached hydrogen (secondary N) is 1. The molecule has 5 nitrogen and oxygen atoms in total. The van der Waals surface area contributed by atoms with Gasteiger partial charge >= 0.3 is 5.97 Å². The molecule has 26 heavy (non-hydrogen) atoms. The normalized spacial score (nSPS) is 10.3. The number of methoxy groups -OCH3 is 1. The number of Topliss-reactive ketones (excluding diaryl/α,β-unsaturated/α-hetero) is 1. The fraction of sp³-hybridized carbons (Fsp3) is 0.263. The van der Waals surface area contributed by atoms with E-state index in [1.807, 2.05) is 24.3 Å². The van der Waals surface area contributed by atoms with Gasteiger partial charge in [-0.05, 0) is 52.7 Å². The van der Waals surface area contributed by atoms with Crippen LogP contribution in [0, 0.1) is 0 Å². The zero-order valence-corrected chi connectivity index (χ0v) is 16.6. The standard InChI is InChI=1S/C19H19BrClNO4/c1-25-19(24)7-4-10-26-18-6-3-2-5-16(18)22-12-17(23)13-8-9-15(21)14(20)11-13/h2-3,5-6,8-9,11,22H,4,7,10,12H2,1H3. The molecule has 0 saturated carbocycles. The van der Waals surface area contributed by atoms with Crippen LogP contribution in [-0.2, 0) is 9.53 Å². The average Bonchev–Trinajstić information content (AvgIpc) is 2.65. The molecule has 0 heterocycles. The van der Waals surface area contributed by atoms with Crippen LogP contribution in [0.5, 0.6) is 5.75 Å². The van der Waals surface area contributed by atoms with Gasteiger partial charge in [0.2, 0.25) is 0 Å². The number of hydrogen-bond donors (Lipinski definition) is 1. The summed E-state index contributed by atoms with van der Waals surface area (Å²) >= 11 is 9.26. The lowest BCUT2D eigenvalue weighted by atomic mass is 10.1. The van der Waals surface area contributed by atoms with E-state index in [1.165, 1.54) is 7.11 Å². The maximum Gasteiger partial charge on any atom is 0.305 e. The van der Waals surface area contributed by atoms with Crippen molar-refractivity contribution in [3.63, 3.8) is 0 Å². The summed E-state index contributed by atoms with van der Waals surface area (Å²) in [6.07, 6.45) is 0.856. The predicted octanol–water partition coefficient (Wildman–Crippen LogP) is 4.73. The minimum Gasteiger partial charge on any atom is -0.491 e. The molecule has 0 spiro atoms. The number of esters is 1. The Kier molecular flexibility index (Phi) is 7.94. The van der Waals surface area contributed by atoms with Crippen molar-refractivity contribution in [1.29, 1.82) is 0 Å². The molecule has 0 saturated heterocycles. The second kappa shape index (κ2) is 10.2. The Hall–Kier alpha value is -2.05. The molecule has 0 aromatic heterocycles. The highest BCUT2D eigenvalue weighted by atomic mass is 79.9. The SMILES string of the molecule is COC(=O)CCCOc1ccccc1NCC(=O)c1ccc(Cl)c(Br)c1. The summed E-state index contributed by atoms with van der Waals surface area (Å²) < 4.78 is 11.0. The van der Waals surface area contributed by atoms with Gasteiger partial charge in [-0.25, -0.2) is 0 Å². The smallest absolute Gasteiger partial charge is 0.305 e. The van der Waals surface area contributed by atoms with Gasteiger partial charge in [0.15, 0.2) is 5.78 Å². The number of halogens is 2. The molecule has 0 aliphatic heterocycles. The number of benzene rings is 2. The summed E-state index contributed by atoms with van der Waals surface area (Å²) in [5, 5.41) is 3.65. The highest BCUT2D eigenvalue weighted by molar-refractivity contribution is 9.10.